The summed E-state index contributed by atoms with van der Waals surface area (Å²) in [6.07, 6.45) is 0. The molecule has 0 fully saturated rings. The molecule has 0 aromatic heterocycles. The van der Waals surface area contributed by atoms with E-state index in [1.165, 1.54) is 0 Å². The summed E-state index contributed by atoms with van der Waals surface area (Å²) in [6.45, 7) is 0. The Morgan fingerprint density at radius 2 is 0.909 bits per heavy atom. The maximum absolute atomic E-state index is 7.94. The second-order valence-corrected chi connectivity index (χ2v) is 4.36. The Balaban J connectivity index is -0.000000320. The molecule has 0 heterocycles. The van der Waals surface area contributed by atoms with Gasteiger partial charge >= 0.3 is 18.1 Å². The first kappa shape index (κ1) is 19.5. The van der Waals surface area contributed by atoms with Crippen molar-refractivity contribution in [2.75, 3.05) is 0 Å². The molecule has 0 unspecified atom stereocenters. The van der Waals surface area contributed by atoms with E-state index in [-0.39, 0.29) is 83.8 Å². The van der Waals surface area contributed by atoms with E-state index in [1.54, 1.807) is 0 Å². The molecular weight excluding hydrogens is 516 g/mol. The molecular formula is H6LuO7Si2Yb. The Bertz CT molecular complexity index is 81.6. The topological polar surface area (TPSA) is 131 Å². The minimum absolute atomic E-state index is 0. The molecule has 0 saturated carbocycles. The molecule has 0 aliphatic carbocycles. The number of hydrogen-bond donors (Lipinski definition) is 6. The van der Waals surface area contributed by atoms with Gasteiger partial charge in [0.25, 0.3) is 0 Å². The molecule has 7 nitrogen and oxygen atoms in total. The zero-order chi connectivity index (χ0) is 7.71. The molecule has 0 rings (SSSR count). The van der Waals surface area contributed by atoms with E-state index in [0.29, 0.717) is 0 Å². The molecule has 0 saturated heterocycles. The van der Waals surface area contributed by atoms with Crippen LogP contribution in [0.4, 0.5) is 0 Å². The van der Waals surface area contributed by atoms with Gasteiger partial charge in [0, 0.05) is 83.8 Å². The largest absolute Gasteiger partial charge is 0.665 e. The van der Waals surface area contributed by atoms with Crippen LogP contribution in [0.5, 0.6) is 0 Å². The Labute approximate surface area is 132 Å². The van der Waals surface area contributed by atoms with Crippen LogP contribution < -0.4 is 0 Å². The van der Waals surface area contributed by atoms with Crippen LogP contribution in [-0.4, -0.2) is 46.9 Å². The fraction of sp³-hybridized carbons (Fsp3) is 0. The summed E-state index contributed by atoms with van der Waals surface area (Å²) in [5.41, 5.74) is 0. The van der Waals surface area contributed by atoms with E-state index in [4.69, 9.17) is 28.8 Å². The minimum Gasteiger partial charge on any atom is -0.368 e. The second kappa shape index (κ2) is 7.23. The average molecular weight is 522 g/mol. The van der Waals surface area contributed by atoms with Crippen molar-refractivity contribution < 1.29 is 117 Å². The normalized spacial score (nSPS) is 11.5. The van der Waals surface area contributed by atoms with Crippen molar-refractivity contribution in [1.82, 2.24) is 0 Å². The molecule has 11 heteroatoms. The Hall–Kier alpha value is 2.91. The monoisotopic (exact) mass is 523 g/mol. The molecule has 0 aromatic rings. The van der Waals surface area contributed by atoms with Crippen molar-refractivity contribution in [3.63, 3.8) is 0 Å². The third kappa shape index (κ3) is 19.4. The van der Waals surface area contributed by atoms with Crippen LogP contribution in [0.25, 0.3) is 0 Å². The van der Waals surface area contributed by atoms with Crippen LogP contribution >= 0.6 is 0 Å². The van der Waals surface area contributed by atoms with Gasteiger partial charge in [-0.3, -0.25) is 0 Å². The molecule has 11 heavy (non-hydrogen) atoms. The molecule has 0 aliphatic heterocycles. The van der Waals surface area contributed by atoms with Crippen LogP contribution in [0, 0.1) is 83.8 Å². The molecule has 1 radical (unpaired) electrons. The zero-order valence-electron chi connectivity index (χ0n) is 4.62. The van der Waals surface area contributed by atoms with Crippen LogP contribution in [0.1, 0.15) is 0 Å². The van der Waals surface area contributed by atoms with Gasteiger partial charge in [-0.05, 0) is 0 Å². The quantitative estimate of drug-likeness (QED) is 0.203. The van der Waals surface area contributed by atoms with E-state index in [1.807, 2.05) is 0 Å². The van der Waals surface area contributed by atoms with Gasteiger partial charge in [-0.15, -0.1) is 0 Å². The Kier molecular flexibility index (Phi) is 12.8. The fourth-order valence-corrected chi connectivity index (χ4v) is 1.65. The van der Waals surface area contributed by atoms with Gasteiger partial charge in [-0.25, -0.2) is 0 Å². The summed E-state index contributed by atoms with van der Waals surface area (Å²) in [6, 6.07) is 0. The molecule has 0 aliphatic rings. The number of rotatable bonds is 2. The predicted molar refractivity (Wildman–Crippen MR) is 25.9 cm³/mol. The minimum atomic E-state index is -4.98. The van der Waals surface area contributed by atoms with Crippen molar-refractivity contribution >= 4 is 18.1 Å². The van der Waals surface area contributed by atoms with E-state index in [0.717, 1.165) is 0 Å². The third-order valence-corrected chi connectivity index (χ3v) is 2.46. The van der Waals surface area contributed by atoms with Crippen molar-refractivity contribution in [3.05, 3.63) is 0 Å². The summed E-state index contributed by atoms with van der Waals surface area (Å²) in [7, 11) is -9.96. The molecule has 0 aromatic carbocycles. The Morgan fingerprint density at radius 1 is 0.727 bits per heavy atom. The summed E-state index contributed by atoms with van der Waals surface area (Å²) >= 11 is 0. The molecule has 6 N–H and O–H groups in total. The van der Waals surface area contributed by atoms with Crippen LogP contribution in [0.3, 0.4) is 0 Å². The van der Waals surface area contributed by atoms with Crippen molar-refractivity contribution in [3.8, 4) is 0 Å². The smallest absolute Gasteiger partial charge is 0.368 e. The summed E-state index contributed by atoms with van der Waals surface area (Å²) in [5.74, 6) is 0. The van der Waals surface area contributed by atoms with Crippen LogP contribution in [0.2, 0.25) is 0 Å². The molecule has 0 bridgehead atoms. The van der Waals surface area contributed by atoms with Gasteiger partial charge in [0.05, 0.1) is 0 Å². The first-order valence-corrected chi connectivity index (χ1v) is 5.25. The SMILES string of the molecule is O[Si](O)(O)O[Si](O)(O)O.[Lu].[Yb]. The maximum atomic E-state index is 7.94. The van der Waals surface area contributed by atoms with Gasteiger partial charge in [-0.1, -0.05) is 0 Å². The summed E-state index contributed by atoms with van der Waals surface area (Å²) < 4.78 is 3.24. The van der Waals surface area contributed by atoms with Gasteiger partial charge < -0.3 is 32.9 Å². The van der Waals surface area contributed by atoms with Gasteiger partial charge in [0.15, 0.2) is 0 Å². The van der Waals surface area contributed by atoms with Crippen LogP contribution in [0.15, 0.2) is 0 Å². The van der Waals surface area contributed by atoms with E-state index in [9.17, 15) is 0 Å². The molecule has 0 amide bonds. The summed E-state index contributed by atoms with van der Waals surface area (Å²) in [5, 5.41) is 0. The molecule has 85 valence electrons. The standard InChI is InChI=1S/Lu.H6O7Si2.Yb/c;1-8(2,3)7-9(4,5)6;/h;1-6H;. The zero-order valence-corrected chi connectivity index (χ0v) is 9.99. The number of hydrogen-bond acceptors (Lipinski definition) is 7. The van der Waals surface area contributed by atoms with Gasteiger partial charge in [0.2, 0.25) is 0 Å². The van der Waals surface area contributed by atoms with E-state index >= 15 is 0 Å². The second-order valence-electron chi connectivity index (χ2n) is 1.25. The Morgan fingerprint density at radius 3 is 0.909 bits per heavy atom. The van der Waals surface area contributed by atoms with E-state index < -0.39 is 18.1 Å². The molecule has 0 spiro atoms. The first-order valence-electron chi connectivity index (χ1n) is 1.75. The van der Waals surface area contributed by atoms with E-state index in [2.05, 4.69) is 4.12 Å². The van der Waals surface area contributed by atoms with Crippen LogP contribution in [-0.2, 0) is 4.12 Å². The summed E-state index contributed by atoms with van der Waals surface area (Å²) in [4.78, 5) is 47.6. The van der Waals surface area contributed by atoms with Gasteiger partial charge in [-0.2, -0.15) is 0 Å². The van der Waals surface area contributed by atoms with Crippen molar-refractivity contribution in [1.29, 1.82) is 0 Å². The maximum Gasteiger partial charge on any atom is 0.665 e. The van der Waals surface area contributed by atoms with Gasteiger partial charge in [0.1, 0.15) is 0 Å². The van der Waals surface area contributed by atoms with Crippen molar-refractivity contribution in [2.45, 2.75) is 0 Å². The first-order chi connectivity index (χ1) is 3.71. The molecule has 0 atom stereocenters. The van der Waals surface area contributed by atoms with Crippen molar-refractivity contribution in [2.24, 2.45) is 0 Å². The predicted octanol–water partition coefficient (Wildman–Crippen LogP) is -4.17. The average Bonchev–Trinajstić information content (AvgIpc) is 1.14. The third-order valence-electron chi connectivity index (χ3n) is 0.274. The fourth-order valence-electron chi connectivity index (χ4n) is 0.184.